The first-order chi connectivity index (χ1) is 18.5. The minimum Gasteiger partial charge on any atom is -0.497 e. The second-order valence-corrected chi connectivity index (χ2v) is 9.75. The van der Waals surface area contributed by atoms with Crippen LogP contribution in [-0.4, -0.2) is 49.7 Å². The van der Waals surface area contributed by atoms with Gasteiger partial charge in [-0.05, 0) is 56.0 Å². The van der Waals surface area contributed by atoms with Gasteiger partial charge >= 0.3 is 0 Å². The Hall–Kier alpha value is -3.48. The van der Waals surface area contributed by atoms with Gasteiger partial charge in [-0.15, -0.1) is 0 Å². The molecule has 1 heterocycles. The number of pyridine rings is 1. The van der Waals surface area contributed by atoms with Crippen LogP contribution in [0.2, 0.25) is 0 Å². The first-order valence-corrected chi connectivity index (χ1v) is 13.7. The highest BCUT2D eigenvalue weighted by Crippen LogP contribution is 2.30. The van der Waals surface area contributed by atoms with Gasteiger partial charge in [-0.3, -0.25) is 9.78 Å². The third-order valence-corrected chi connectivity index (χ3v) is 6.80. The maximum absolute atomic E-state index is 13.2. The number of hydrogen-bond donors (Lipinski definition) is 1. The minimum atomic E-state index is 0.204. The number of anilines is 1. The van der Waals surface area contributed by atoms with Crippen molar-refractivity contribution in [3.63, 3.8) is 0 Å². The number of benzene rings is 2. The van der Waals surface area contributed by atoms with Gasteiger partial charge in [-0.25, -0.2) is 0 Å². The number of methoxy groups -OCH3 is 3. The van der Waals surface area contributed by atoms with Crippen LogP contribution < -0.4 is 19.5 Å². The molecule has 206 valence electrons. The molecule has 0 spiro atoms. The number of amides is 1. The fourth-order valence-corrected chi connectivity index (χ4v) is 4.67. The standard InChI is InChI=1S/C31H43N3O4/c1-6-7-8-9-14-30(35)34(22-24-15-16-28(37-4)29(19-24)38-5)18-11-12-23(2)33-27-21-26(36-3)20-25-13-10-17-32-31(25)27/h10,13,15-17,19-21,23,33H,6-9,11-12,14,18,22H2,1-5H3. The van der Waals surface area contributed by atoms with E-state index in [1.54, 1.807) is 21.3 Å². The van der Waals surface area contributed by atoms with Crippen LogP contribution in [0, 0.1) is 0 Å². The van der Waals surface area contributed by atoms with Crippen LogP contribution in [0.25, 0.3) is 10.9 Å². The molecule has 1 amide bonds. The summed E-state index contributed by atoms with van der Waals surface area (Å²) >= 11 is 0. The van der Waals surface area contributed by atoms with Crippen molar-refractivity contribution in [2.75, 3.05) is 33.2 Å². The van der Waals surface area contributed by atoms with Crippen LogP contribution in [0.1, 0.15) is 64.4 Å². The Morgan fingerprint density at radius 2 is 1.79 bits per heavy atom. The number of ether oxygens (including phenoxy) is 3. The summed E-state index contributed by atoms with van der Waals surface area (Å²) < 4.78 is 16.3. The van der Waals surface area contributed by atoms with Gasteiger partial charge in [0.1, 0.15) is 5.75 Å². The van der Waals surface area contributed by atoms with E-state index in [0.717, 1.165) is 60.0 Å². The molecule has 0 saturated heterocycles. The van der Waals surface area contributed by atoms with E-state index in [9.17, 15) is 4.79 Å². The Kier molecular flexibility index (Phi) is 11.5. The summed E-state index contributed by atoms with van der Waals surface area (Å²) in [5, 5.41) is 4.65. The van der Waals surface area contributed by atoms with Gasteiger partial charge in [0.05, 0.1) is 32.5 Å². The molecule has 1 N–H and O–H groups in total. The van der Waals surface area contributed by atoms with E-state index < -0.39 is 0 Å². The third-order valence-electron chi connectivity index (χ3n) is 6.80. The van der Waals surface area contributed by atoms with Crippen LogP contribution in [0.15, 0.2) is 48.7 Å². The fourth-order valence-electron chi connectivity index (χ4n) is 4.67. The van der Waals surface area contributed by atoms with Crippen LogP contribution in [-0.2, 0) is 11.3 Å². The predicted octanol–water partition coefficient (Wildman–Crippen LogP) is 6.84. The first-order valence-electron chi connectivity index (χ1n) is 13.7. The number of carbonyl (C=O) groups is 1. The van der Waals surface area contributed by atoms with Gasteiger partial charge in [0, 0.05) is 43.2 Å². The maximum atomic E-state index is 13.2. The highest BCUT2D eigenvalue weighted by molar-refractivity contribution is 5.91. The number of hydrogen-bond acceptors (Lipinski definition) is 6. The quantitative estimate of drug-likeness (QED) is 0.208. The third kappa shape index (κ3) is 8.27. The Balaban J connectivity index is 1.65. The maximum Gasteiger partial charge on any atom is 0.222 e. The predicted molar refractivity (Wildman–Crippen MR) is 154 cm³/mol. The topological polar surface area (TPSA) is 72.9 Å². The van der Waals surface area contributed by atoms with E-state index in [-0.39, 0.29) is 11.9 Å². The monoisotopic (exact) mass is 521 g/mol. The highest BCUT2D eigenvalue weighted by atomic mass is 16.5. The fraction of sp³-hybridized carbons (Fsp3) is 0.484. The van der Waals surface area contributed by atoms with Crippen molar-refractivity contribution < 1.29 is 19.0 Å². The van der Waals surface area contributed by atoms with E-state index in [0.29, 0.717) is 31.0 Å². The molecule has 0 bridgehead atoms. The molecular weight excluding hydrogens is 478 g/mol. The van der Waals surface area contributed by atoms with Crippen LogP contribution in [0.5, 0.6) is 17.2 Å². The summed E-state index contributed by atoms with van der Waals surface area (Å²) in [6.45, 7) is 5.60. The van der Waals surface area contributed by atoms with E-state index in [1.165, 1.54) is 6.42 Å². The van der Waals surface area contributed by atoms with Gasteiger partial charge in [0.25, 0.3) is 0 Å². The largest absolute Gasteiger partial charge is 0.497 e. The van der Waals surface area contributed by atoms with E-state index in [4.69, 9.17) is 14.2 Å². The number of unbranched alkanes of at least 4 members (excludes halogenated alkanes) is 3. The van der Waals surface area contributed by atoms with Crippen molar-refractivity contribution in [1.82, 2.24) is 9.88 Å². The van der Waals surface area contributed by atoms with Crippen LogP contribution in [0.3, 0.4) is 0 Å². The van der Waals surface area contributed by atoms with Gasteiger partial charge in [0.15, 0.2) is 11.5 Å². The minimum absolute atomic E-state index is 0.204. The van der Waals surface area contributed by atoms with E-state index in [2.05, 4.69) is 24.1 Å². The molecule has 0 aliphatic carbocycles. The number of aromatic nitrogens is 1. The Morgan fingerprint density at radius 1 is 0.974 bits per heavy atom. The van der Waals surface area contributed by atoms with E-state index in [1.807, 2.05) is 53.6 Å². The van der Waals surface area contributed by atoms with Gasteiger partial charge in [-0.2, -0.15) is 0 Å². The summed E-state index contributed by atoms with van der Waals surface area (Å²) in [6, 6.07) is 14.0. The number of fused-ring (bicyclic) bond motifs is 1. The van der Waals surface area contributed by atoms with Crippen LogP contribution >= 0.6 is 0 Å². The normalized spacial score (nSPS) is 11.7. The molecule has 0 aliphatic rings. The molecule has 7 heteroatoms. The average molecular weight is 522 g/mol. The average Bonchev–Trinajstić information content (AvgIpc) is 2.94. The van der Waals surface area contributed by atoms with Crippen LogP contribution in [0.4, 0.5) is 5.69 Å². The number of carbonyl (C=O) groups excluding carboxylic acids is 1. The summed E-state index contributed by atoms with van der Waals surface area (Å²) in [7, 11) is 4.94. The van der Waals surface area contributed by atoms with Crippen molar-refractivity contribution in [2.45, 2.75) is 71.4 Å². The molecule has 0 saturated carbocycles. The second kappa shape index (κ2) is 15.1. The van der Waals surface area contributed by atoms with Crippen molar-refractivity contribution in [1.29, 1.82) is 0 Å². The van der Waals surface area contributed by atoms with E-state index >= 15 is 0 Å². The summed E-state index contributed by atoms with van der Waals surface area (Å²) in [5.41, 5.74) is 2.92. The summed E-state index contributed by atoms with van der Waals surface area (Å²) in [4.78, 5) is 19.8. The van der Waals surface area contributed by atoms with Gasteiger partial charge in [-0.1, -0.05) is 38.3 Å². The van der Waals surface area contributed by atoms with Crippen molar-refractivity contribution >= 4 is 22.5 Å². The lowest BCUT2D eigenvalue weighted by Crippen LogP contribution is -2.32. The Morgan fingerprint density at radius 3 is 2.53 bits per heavy atom. The summed E-state index contributed by atoms with van der Waals surface area (Å²) in [5.74, 6) is 2.37. The molecule has 1 unspecified atom stereocenters. The zero-order chi connectivity index (χ0) is 27.3. The van der Waals surface area contributed by atoms with Crippen molar-refractivity contribution in [2.24, 2.45) is 0 Å². The Bertz CT molecular complexity index is 1170. The molecule has 0 radical (unpaired) electrons. The number of rotatable bonds is 16. The van der Waals surface area contributed by atoms with Crippen molar-refractivity contribution in [3.8, 4) is 17.2 Å². The smallest absolute Gasteiger partial charge is 0.222 e. The molecule has 1 aromatic heterocycles. The highest BCUT2D eigenvalue weighted by Gasteiger charge is 2.16. The number of nitrogens with one attached hydrogen (secondary N) is 1. The van der Waals surface area contributed by atoms with Gasteiger partial charge < -0.3 is 24.4 Å². The zero-order valence-corrected chi connectivity index (χ0v) is 23.6. The molecule has 3 rings (SSSR count). The molecule has 2 aromatic carbocycles. The molecule has 1 atom stereocenters. The molecule has 38 heavy (non-hydrogen) atoms. The molecule has 0 fully saturated rings. The lowest BCUT2D eigenvalue weighted by molar-refractivity contribution is -0.132. The lowest BCUT2D eigenvalue weighted by atomic mass is 10.1. The van der Waals surface area contributed by atoms with Crippen molar-refractivity contribution in [3.05, 3.63) is 54.2 Å². The number of nitrogens with zero attached hydrogens (tertiary/aromatic N) is 2. The second-order valence-electron chi connectivity index (χ2n) is 9.75. The summed E-state index contributed by atoms with van der Waals surface area (Å²) in [6.07, 6.45) is 8.55. The zero-order valence-electron chi connectivity index (χ0n) is 23.6. The Labute approximate surface area is 227 Å². The molecule has 0 aliphatic heterocycles. The lowest BCUT2D eigenvalue weighted by Gasteiger charge is -2.25. The first kappa shape index (κ1) is 29.1. The molecular formula is C31H43N3O4. The van der Waals surface area contributed by atoms with Gasteiger partial charge in [0.2, 0.25) is 5.91 Å². The molecule has 3 aromatic rings. The molecule has 7 nitrogen and oxygen atoms in total. The SMILES string of the molecule is CCCCCCC(=O)N(CCCC(C)Nc1cc(OC)cc2cccnc12)Cc1ccc(OC)c(OC)c1.